The number of nitrogens with zero attached hydrogens (tertiary/aromatic N) is 2. The van der Waals surface area contributed by atoms with Crippen molar-refractivity contribution >= 4 is 57.2 Å². The Morgan fingerprint density at radius 2 is 1.75 bits per heavy atom. The number of carboxylic acid groups (broad SMARTS) is 1. The average Bonchev–Trinajstić information content (AvgIpc) is 3.95. The topological polar surface area (TPSA) is 192 Å². The standard InChI is InChI=1S/C38H51ClF3N5O9S/c1-20-10-8-9-11-24-18-37(24,32(50)45-57(54,55)36(7)12-13-36)44-30(48)27-17-25(47(34(52)53)29-23(4)15-21(2)16-26(29)39)19-46(27)31(49)28(22(3)14-20)43-33(51)56-35(5,6)38(40,41)42/h9,11,15-16,20,22,24-25,27-28H,8,10,12-14,17-19H2,1-7H3,(H,43,51)(H,44,48)(H,45,50)(H,52,53)/t20-,22+,24+,25+,27-,28-,37+/m0/s1. The van der Waals surface area contributed by atoms with E-state index < -0.39 is 98.5 Å². The number of hydrogen-bond acceptors (Lipinski definition) is 8. The van der Waals surface area contributed by atoms with Crippen LogP contribution in [-0.4, -0.2) is 95.1 Å². The Balaban J connectivity index is 1.57. The Bertz CT molecular complexity index is 1930. The van der Waals surface area contributed by atoms with E-state index in [1.165, 1.54) is 6.92 Å². The molecular weight excluding hydrogens is 795 g/mol. The van der Waals surface area contributed by atoms with Gasteiger partial charge in [0.25, 0.3) is 5.91 Å². The highest BCUT2D eigenvalue weighted by molar-refractivity contribution is 7.91. The Hall–Kier alpha value is -4.06. The van der Waals surface area contributed by atoms with Gasteiger partial charge in [0.1, 0.15) is 17.6 Å². The van der Waals surface area contributed by atoms with Gasteiger partial charge in [-0.05, 0) is 109 Å². The summed E-state index contributed by atoms with van der Waals surface area (Å²) in [5.74, 6) is -4.20. The molecule has 3 fully saturated rings. The minimum absolute atomic E-state index is 0.0361. The van der Waals surface area contributed by atoms with Gasteiger partial charge in [-0.25, -0.2) is 18.0 Å². The molecule has 0 unspecified atom stereocenters. The smallest absolute Gasteiger partial charge is 0.427 e. The van der Waals surface area contributed by atoms with Crippen molar-refractivity contribution in [2.24, 2.45) is 17.8 Å². The van der Waals surface area contributed by atoms with E-state index in [0.717, 1.165) is 15.4 Å². The van der Waals surface area contributed by atoms with E-state index in [9.17, 15) is 50.7 Å². The lowest BCUT2D eigenvalue weighted by molar-refractivity contribution is -0.244. The van der Waals surface area contributed by atoms with Crippen molar-refractivity contribution in [2.75, 3.05) is 11.4 Å². The summed E-state index contributed by atoms with van der Waals surface area (Å²) in [4.78, 5) is 71.3. The molecule has 0 spiro atoms. The van der Waals surface area contributed by atoms with Gasteiger partial charge in [-0.2, -0.15) is 13.2 Å². The number of ether oxygens (including phenoxy) is 1. The zero-order chi connectivity index (χ0) is 42.6. The highest BCUT2D eigenvalue weighted by Gasteiger charge is 2.63. The maximum Gasteiger partial charge on any atom is 0.427 e. The van der Waals surface area contributed by atoms with Gasteiger partial charge >= 0.3 is 18.4 Å². The number of alkyl halides is 3. The monoisotopic (exact) mass is 845 g/mol. The third-order valence-electron chi connectivity index (χ3n) is 11.8. The highest BCUT2D eigenvalue weighted by atomic mass is 35.5. The molecule has 7 atom stereocenters. The molecule has 4 aliphatic rings. The van der Waals surface area contributed by atoms with E-state index in [1.807, 2.05) is 13.0 Å². The first-order valence-electron chi connectivity index (χ1n) is 18.9. The van der Waals surface area contributed by atoms with Gasteiger partial charge in [-0.15, -0.1) is 0 Å². The second-order valence-corrected chi connectivity index (χ2v) is 19.6. The van der Waals surface area contributed by atoms with Crippen LogP contribution in [0.2, 0.25) is 5.02 Å². The summed E-state index contributed by atoms with van der Waals surface area (Å²) in [5.41, 5.74) is -3.34. The number of benzene rings is 1. The number of carbonyl (C=O) groups excluding carboxylic acids is 4. The molecule has 5 amide bonds. The Labute approximate surface area is 335 Å². The number of nitrogens with one attached hydrogen (secondary N) is 3. The van der Waals surface area contributed by atoms with Gasteiger partial charge in [0.15, 0.2) is 0 Å². The molecule has 0 radical (unpaired) electrons. The second kappa shape index (κ2) is 15.6. The van der Waals surface area contributed by atoms with Crippen LogP contribution in [0.1, 0.15) is 90.7 Å². The van der Waals surface area contributed by atoms with Crippen LogP contribution in [-0.2, 0) is 29.1 Å². The molecule has 19 heteroatoms. The number of rotatable bonds is 7. The number of allylic oxidation sites excluding steroid dienone is 1. The molecule has 14 nitrogen and oxygen atoms in total. The van der Waals surface area contributed by atoms with Crippen LogP contribution in [0.4, 0.5) is 28.4 Å². The number of amides is 5. The van der Waals surface area contributed by atoms with Crippen molar-refractivity contribution in [2.45, 2.75) is 134 Å². The van der Waals surface area contributed by atoms with E-state index in [-0.39, 0.29) is 29.5 Å². The van der Waals surface area contributed by atoms with Gasteiger partial charge in [-0.3, -0.25) is 24.0 Å². The van der Waals surface area contributed by atoms with E-state index in [1.54, 1.807) is 39.0 Å². The summed E-state index contributed by atoms with van der Waals surface area (Å²) in [7, 11) is -4.13. The van der Waals surface area contributed by atoms with Crippen molar-refractivity contribution in [3.05, 3.63) is 40.4 Å². The molecule has 4 N–H and O–H groups in total. The lowest BCUT2D eigenvalue weighted by Gasteiger charge is -2.34. The SMILES string of the molecule is Cc1cc(C)c(N(C(=O)O)[C@@H]2C[C@H]3C(=O)N[C@]4(C(=O)NS(=O)(=O)C5(C)CC5)C[C@H]4C=CCC[C@H](C)C[C@@H](C)[C@H](NC(=O)OC(C)(C)C(F)(F)F)C(=O)N3C2)c(Cl)c1. The van der Waals surface area contributed by atoms with Crippen LogP contribution in [0, 0.1) is 31.6 Å². The van der Waals surface area contributed by atoms with E-state index in [2.05, 4.69) is 15.4 Å². The number of aryl methyl sites for hydroxylation is 2. The first-order chi connectivity index (χ1) is 26.2. The molecule has 2 saturated carbocycles. The fraction of sp³-hybridized carbons (Fsp3) is 0.658. The molecule has 2 aliphatic heterocycles. The minimum atomic E-state index is -4.95. The van der Waals surface area contributed by atoms with Crippen molar-refractivity contribution in [1.82, 2.24) is 20.3 Å². The lowest BCUT2D eigenvalue weighted by atomic mass is 9.88. The van der Waals surface area contributed by atoms with Gasteiger partial charge in [0, 0.05) is 12.5 Å². The zero-order valence-electron chi connectivity index (χ0n) is 33.0. The van der Waals surface area contributed by atoms with Crippen LogP contribution in [0.15, 0.2) is 24.3 Å². The van der Waals surface area contributed by atoms with Crippen molar-refractivity contribution in [3.8, 4) is 0 Å². The van der Waals surface area contributed by atoms with Gasteiger partial charge in [0.05, 0.1) is 21.5 Å². The van der Waals surface area contributed by atoms with Gasteiger partial charge < -0.3 is 25.4 Å². The molecule has 1 aromatic carbocycles. The molecule has 57 heavy (non-hydrogen) atoms. The second-order valence-electron chi connectivity index (χ2n) is 17.0. The molecule has 316 valence electrons. The Morgan fingerprint density at radius 1 is 1.11 bits per heavy atom. The van der Waals surface area contributed by atoms with Crippen LogP contribution in [0.3, 0.4) is 0 Å². The van der Waals surface area contributed by atoms with E-state index >= 15 is 0 Å². The summed E-state index contributed by atoms with van der Waals surface area (Å²) in [6.07, 6.45) is -2.64. The minimum Gasteiger partial charge on any atom is -0.465 e. The summed E-state index contributed by atoms with van der Waals surface area (Å²) < 4.78 is 73.3. The first kappa shape index (κ1) is 44.1. The molecule has 1 aromatic rings. The molecule has 5 rings (SSSR count). The third kappa shape index (κ3) is 9.00. The predicted octanol–water partition coefficient (Wildman–Crippen LogP) is 5.73. The molecule has 0 aromatic heterocycles. The summed E-state index contributed by atoms with van der Waals surface area (Å²) >= 11 is 6.60. The number of carbonyl (C=O) groups is 5. The molecule has 2 heterocycles. The number of anilines is 1. The van der Waals surface area contributed by atoms with Crippen molar-refractivity contribution in [1.29, 1.82) is 0 Å². The fourth-order valence-corrected chi connectivity index (χ4v) is 9.53. The quantitative estimate of drug-likeness (QED) is 0.248. The summed E-state index contributed by atoms with van der Waals surface area (Å²) in [5, 5.41) is 15.7. The molecule has 1 saturated heterocycles. The number of fused-ring (bicyclic) bond motifs is 2. The fourth-order valence-electron chi connectivity index (χ4n) is 7.81. The largest absolute Gasteiger partial charge is 0.465 e. The maximum absolute atomic E-state index is 14.8. The molecule has 2 aliphatic carbocycles. The van der Waals surface area contributed by atoms with Crippen molar-refractivity contribution < 1.29 is 55.4 Å². The third-order valence-corrected chi connectivity index (χ3v) is 14.2. The number of sulfonamides is 1. The number of hydrogen-bond donors (Lipinski definition) is 4. The lowest BCUT2D eigenvalue weighted by Crippen LogP contribution is -2.59. The molecule has 0 bridgehead atoms. The van der Waals surface area contributed by atoms with E-state index in [0.29, 0.717) is 51.5 Å². The first-order valence-corrected chi connectivity index (χ1v) is 20.8. The average molecular weight is 846 g/mol. The van der Waals surface area contributed by atoms with Crippen LogP contribution >= 0.6 is 11.6 Å². The van der Waals surface area contributed by atoms with Gasteiger partial charge in [0.2, 0.25) is 27.4 Å². The van der Waals surface area contributed by atoms with Crippen LogP contribution < -0.4 is 20.3 Å². The van der Waals surface area contributed by atoms with Crippen molar-refractivity contribution in [3.63, 3.8) is 0 Å². The Morgan fingerprint density at radius 3 is 2.33 bits per heavy atom. The zero-order valence-corrected chi connectivity index (χ0v) is 34.5. The predicted molar refractivity (Wildman–Crippen MR) is 204 cm³/mol. The normalized spacial score (nSPS) is 29.1. The summed E-state index contributed by atoms with van der Waals surface area (Å²) in [6.45, 7) is 9.32. The van der Waals surface area contributed by atoms with Gasteiger partial charge in [-0.1, -0.05) is 43.7 Å². The number of alkyl carbamates (subject to hydrolysis) is 1. The maximum atomic E-state index is 14.8. The van der Waals surface area contributed by atoms with Crippen LogP contribution in [0.25, 0.3) is 0 Å². The Kier molecular flexibility index (Phi) is 12.1. The highest BCUT2D eigenvalue weighted by Crippen LogP contribution is 2.48. The van der Waals surface area contributed by atoms with E-state index in [4.69, 9.17) is 16.3 Å². The summed E-state index contributed by atoms with van der Waals surface area (Å²) in [6, 6.07) is -0.901. The number of halogens is 4. The molecular formula is C38H51ClF3N5O9S. The van der Waals surface area contributed by atoms with Crippen LogP contribution in [0.5, 0.6) is 0 Å².